The molecule has 3 aromatic rings. The molecule has 7 nitrogen and oxygen atoms in total. The van der Waals surface area contributed by atoms with Crippen molar-refractivity contribution in [1.29, 1.82) is 0 Å². The predicted molar refractivity (Wildman–Crippen MR) is 119 cm³/mol. The zero-order valence-corrected chi connectivity index (χ0v) is 17.6. The van der Waals surface area contributed by atoms with E-state index >= 15 is 0 Å². The molecule has 0 aromatic heterocycles. The van der Waals surface area contributed by atoms with E-state index < -0.39 is 23.4 Å². The molecule has 3 aromatic carbocycles. The number of urea groups is 1. The average molecular weight is 429 g/mol. The molecule has 32 heavy (non-hydrogen) atoms. The van der Waals surface area contributed by atoms with Crippen LogP contribution in [0.15, 0.2) is 66.7 Å². The molecule has 2 unspecified atom stereocenters. The summed E-state index contributed by atoms with van der Waals surface area (Å²) in [6.07, 6.45) is 0.320. The van der Waals surface area contributed by atoms with Crippen molar-refractivity contribution in [2.75, 3.05) is 13.2 Å². The molecule has 0 bridgehead atoms. The highest BCUT2D eigenvalue weighted by Crippen LogP contribution is 2.40. The van der Waals surface area contributed by atoms with Crippen molar-refractivity contribution in [2.24, 2.45) is 0 Å². The Kier molecular flexibility index (Phi) is 4.81. The number of para-hydroxylation sites is 1. The first-order valence-corrected chi connectivity index (χ1v) is 10.6. The lowest BCUT2D eigenvalue weighted by atomic mass is 9.84. The average Bonchev–Trinajstić information content (AvgIpc) is 3.03. The van der Waals surface area contributed by atoms with Crippen molar-refractivity contribution < 1.29 is 19.1 Å². The van der Waals surface area contributed by atoms with Gasteiger partial charge in [-0.3, -0.25) is 14.5 Å². The molecule has 2 aliphatic rings. The van der Waals surface area contributed by atoms with Crippen molar-refractivity contribution >= 4 is 28.6 Å². The van der Waals surface area contributed by atoms with Gasteiger partial charge in [-0.25, -0.2) is 4.79 Å². The topological polar surface area (TPSA) is 87.7 Å². The third-order valence-corrected chi connectivity index (χ3v) is 6.21. The van der Waals surface area contributed by atoms with Crippen molar-refractivity contribution in [2.45, 2.75) is 24.9 Å². The molecule has 2 aliphatic heterocycles. The van der Waals surface area contributed by atoms with Gasteiger partial charge in [0.15, 0.2) is 5.54 Å². The molecular weight excluding hydrogens is 406 g/mol. The Bertz CT molecular complexity index is 1240. The van der Waals surface area contributed by atoms with Crippen molar-refractivity contribution in [3.63, 3.8) is 0 Å². The van der Waals surface area contributed by atoms with Crippen LogP contribution in [-0.2, 0) is 15.1 Å². The number of ether oxygens (including phenoxy) is 1. The number of hydrogen-bond donors (Lipinski definition) is 2. The molecule has 2 heterocycles. The first kappa shape index (κ1) is 20.1. The highest BCUT2D eigenvalue weighted by Gasteiger charge is 2.55. The van der Waals surface area contributed by atoms with Crippen molar-refractivity contribution in [3.05, 3.63) is 77.9 Å². The van der Waals surface area contributed by atoms with E-state index in [4.69, 9.17) is 4.74 Å². The number of nitrogens with one attached hydrogen (secondary N) is 2. The standard InChI is InChI=1S/C25H23N3O4/c1-16(18-11-10-17-6-2-3-7-19(17)14-18)26-22(29)15-28-23(30)25(27-24(28)31)12-13-32-21-9-5-4-8-20(21)25/h2-11,14,16H,12-13,15H2,1H3,(H,26,29)(H,27,31). The van der Waals surface area contributed by atoms with E-state index in [-0.39, 0.29) is 12.6 Å². The fourth-order valence-corrected chi connectivity index (χ4v) is 4.51. The van der Waals surface area contributed by atoms with E-state index in [0.29, 0.717) is 24.3 Å². The molecule has 1 spiro atoms. The minimum Gasteiger partial charge on any atom is -0.493 e. The molecule has 0 saturated carbocycles. The first-order chi connectivity index (χ1) is 15.5. The molecule has 162 valence electrons. The summed E-state index contributed by atoms with van der Waals surface area (Å²) < 4.78 is 5.64. The number of fused-ring (bicyclic) bond motifs is 3. The smallest absolute Gasteiger partial charge is 0.325 e. The van der Waals surface area contributed by atoms with Crippen LogP contribution in [0.4, 0.5) is 4.79 Å². The molecular formula is C25H23N3O4. The van der Waals surface area contributed by atoms with Gasteiger partial charge in [0.1, 0.15) is 12.3 Å². The molecule has 4 amide bonds. The van der Waals surface area contributed by atoms with Gasteiger partial charge in [-0.2, -0.15) is 0 Å². The van der Waals surface area contributed by atoms with E-state index in [0.717, 1.165) is 21.2 Å². The van der Waals surface area contributed by atoms with Gasteiger partial charge in [-0.15, -0.1) is 0 Å². The summed E-state index contributed by atoms with van der Waals surface area (Å²) in [5.74, 6) is -0.248. The van der Waals surface area contributed by atoms with E-state index in [9.17, 15) is 14.4 Å². The molecule has 2 atom stereocenters. The fourth-order valence-electron chi connectivity index (χ4n) is 4.51. The summed E-state index contributed by atoms with van der Waals surface area (Å²) in [5.41, 5.74) is 0.386. The monoisotopic (exact) mass is 429 g/mol. The largest absolute Gasteiger partial charge is 0.493 e. The third-order valence-electron chi connectivity index (χ3n) is 6.21. The van der Waals surface area contributed by atoms with Gasteiger partial charge in [0.25, 0.3) is 5.91 Å². The first-order valence-electron chi connectivity index (χ1n) is 10.6. The summed E-state index contributed by atoms with van der Waals surface area (Å²) in [6, 6.07) is 20.3. The Morgan fingerprint density at radius 3 is 2.69 bits per heavy atom. The van der Waals surface area contributed by atoms with Gasteiger partial charge >= 0.3 is 6.03 Å². The minimum absolute atomic E-state index is 0.273. The maximum atomic E-state index is 13.3. The van der Waals surface area contributed by atoms with Crippen LogP contribution in [0, 0.1) is 0 Å². The van der Waals surface area contributed by atoms with Crippen LogP contribution in [0.5, 0.6) is 5.75 Å². The number of nitrogens with zero attached hydrogens (tertiary/aromatic N) is 1. The zero-order chi connectivity index (χ0) is 22.3. The fraction of sp³-hybridized carbons (Fsp3) is 0.240. The van der Waals surface area contributed by atoms with Crippen LogP contribution in [0.25, 0.3) is 10.8 Å². The van der Waals surface area contributed by atoms with Crippen LogP contribution in [0.1, 0.15) is 30.5 Å². The van der Waals surface area contributed by atoms with Gasteiger partial charge in [0, 0.05) is 12.0 Å². The number of rotatable bonds is 4. The number of hydrogen-bond acceptors (Lipinski definition) is 4. The SMILES string of the molecule is CC(NC(=O)CN1C(=O)NC2(CCOc3ccccc32)C1=O)c1ccc2ccccc2c1. The summed E-state index contributed by atoms with van der Waals surface area (Å²) in [4.78, 5) is 39.7. The second kappa shape index (κ2) is 7.67. The lowest BCUT2D eigenvalue weighted by molar-refractivity contribution is -0.136. The van der Waals surface area contributed by atoms with E-state index in [2.05, 4.69) is 10.6 Å². The second-order valence-electron chi connectivity index (χ2n) is 8.22. The molecule has 5 rings (SSSR count). The summed E-state index contributed by atoms with van der Waals surface area (Å²) in [6.45, 7) is 1.85. The molecule has 2 N–H and O–H groups in total. The number of imide groups is 1. The van der Waals surface area contributed by atoms with Crippen LogP contribution in [0.2, 0.25) is 0 Å². The Morgan fingerprint density at radius 2 is 1.84 bits per heavy atom. The Morgan fingerprint density at radius 1 is 1.09 bits per heavy atom. The maximum absolute atomic E-state index is 13.3. The van der Waals surface area contributed by atoms with Crippen LogP contribution < -0.4 is 15.4 Å². The van der Waals surface area contributed by atoms with Gasteiger partial charge in [0.05, 0.1) is 12.6 Å². The lowest BCUT2D eigenvalue weighted by Gasteiger charge is -2.33. The number of benzene rings is 3. The van der Waals surface area contributed by atoms with Crippen LogP contribution in [-0.4, -0.2) is 35.9 Å². The summed E-state index contributed by atoms with van der Waals surface area (Å²) in [5, 5.41) is 7.92. The summed E-state index contributed by atoms with van der Waals surface area (Å²) >= 11 is 0. The van der Waals surface area contributed by atoms with Crippen LogP contribution >= 0.6 is 0 Å². The Balaban J connectivity index is 1.31. The maximum Gasteiger partial charge on any atom is 0.325 e. The molecule has 0 radical (unpaired) electrons. The summed E-state index contributed by atoms with van der Waals surface area (Å²) in [7, 11) is 0. The number of carbonyl (C=O) groups excluding carboxylic acids is 3. The van der Waals surface area contributed by atoms with E-state index in [1.54, 1.807) is 18.2 Å². The molecule has 0 aliphatic carbocycles. The van der Waals surface area contributed by atoms with E-state index in [1.807, 2.05) is 55.5 Å². The van der Waals surface area contributed by atoms with Crippen molar-refractivity contribution in [1.82, 2.24) is 15.5 Å². The van der Waals surface area contributed by atoms with Gasteiger partial charge in [0.2, 0.25) is 5.91 Å². The predicted octanol–water partition coefficient (Wildman–Crippen LogP) is 3.25. The van der Waals surface area contributed by atoms with E-state index in [1.165, 1.54) is 0 Å². The Hall–Kier alpha value is -3.87. The number of carbonyl (C=O) groups is 3. The van der Waals surface area contributed by atoms with Gasteiger partial charge < -0.3 is 15.4 Å². The molecule has 7 heteroatoms. The van der Waals surface area contributed by atoms with Gasteiger partial charge in [-0.1, -0.05) is 54.6 Å². The second-order valence-corrected chi connectivity index (χ2v) is 8.22. The van der Waals surface area contributed by atoms with Gasteiger partial charge in [-0.05, 0) is 35.4 Å². The molecule has 1 fully saturated rings. The minimum atomic E-state index is -1.18. The Labute approximate surface area is 185 Å². The van der Waals surface area contributed by atoms with Crippen molar-refractivity contribution in [3.8, 4) is 5.75 Å². The normalized spacial score (nSPS) is 20.6. The number of amides is 4. The lowest BCUT2D eigenvalue weighted by Crippen LogP contribution is -2.48. The van der Waals surface area contributed by atoms with Crippen LogP contribution in [0.3, 0.4) is 0 Å². The third kappa shape index (κ3) is 3.26. The highest BCUT2D eigenvalue weighted by molar-refractivity contribution is 6.09. The highest BCUT2D eigenvalue weighted by atomic mass is 16.5. The zero-order valence-electron chi connectivity index (χ0n) is 17.6. The molecule has 1 saturated heterocycles. The quantitative estimate of drug-likeness (QED) is 0.624.